The van der Waals surface area contributed by atoms with Crippen LogP contribution in [0.5, 0.6) is 5.75 Å². The van der Waals surface area contributed by atoms with Gasteiger partial charge in [0.1, 0.15) is 5.75 Å². The number of rotatable bonds is 4. The molecule has 2 heteroatoms. The highest BCUT2D eigenvalue weighted by Crippen LogP contribution is 2.54. The van der Waals surface area contributed by atoms with E-state index in [2.05, 4.69) is 37.4 Å². The van der Waals surface area contributed by atoms with Crippen molar-refractivity contribution in [3.05, 3.63) is 29.3 Å². The highest BCUT2D eigenvalue weighted by atomic mass is 16.5. The maximum Gasteiger partial charge on any atom is 0.119 e. The first kappa shape index (κ1) is 15.5. The molecular formula is C21H31NO. The molecule has 0 radical (unpaired) electrons. The summed E-state index contributed by atoms with van der Waals surface area (Å²) in [6.07, 6.45) is 9.34. The van der Waals surface area contributed by atoms with E-state index in [-0.39, 0.29) is 0 Å². The summed E-state index contributed by atoms with van der Waals surface area (Å²) < 4.78 is 6.12. The van der Waals surface area contributed by atoms with Gasteiger partial charge in [-0.2, -0.15) is 0 Å². The molecule has 3 aliphatic rings. The fourth-order valence-electron chi connectivity index (χ4n) is 5.35. The van der Waals surface area contributed by atoms with Crippen molar-refractivity contribution in [1.82, 2.24) is 5.32 Å². The van der Waals surface area contributed by atoms with E-state index >= 15 is 0 Å². The normalized spacial score (nSPS) is 33.5. The Morgan fingerprint density at radius 1 is 1.30 bits per heavy atom. The van der Waals surface area contributed by atoms with Gasteiger partial charge in [-0.25, -0.2) is 0 Å². The lowest BCUT2D eigenvalue weighted by atomic mass is 9.53. The Bertz CT molecular complexity index is 565. The van der Waals surface area contributed by atoms with Crippen molar-refractivity contribution < 1.29 is 4.74 Å². The minimum atomic E-state index is 0.442. The average molecular weight is 313 g/mol. The van der Waals surface area contributed by atoms with E-state index < -0.39 is 0 Å². The number of benzene rings is 1. The topological polar surface area (TPSA) is 21.3 Å². The van der Waals surface area contributed by atoms with E-state index in [4.69, 9.17) is 4.74 Å². The summed E-state index contributed by atoms with van der Waals surface area (Å²) in [5.41, 5.74) is 3.66. The molecule has 23 heavy (non-hydrogen) atoms. The van der Waals surface area contributed by atoms with Gasteiger partial charge in [-0.15, -0.1) is 0 Å². The molecule has 2 aliphatic carbocycles. The quantitative estimate of drug-likeness (QED) is 0.886. The first-order chi connectivity index (χ1) is 11.2. The molecule has 4 atom stereocenters. The molecule has 0 aromatic heterocycles. The number of hydrogen-bond donors (Lipinski definition) is 1. The van der Waals surface area contributed by atoms with Crippen molar-refractivity contribution in [2.24, 2.45) is 11.8 Å². The summed E-state index contributed by atoms with van der Waals surface area (Å²) in [6.45, 7) is 6.54. The Morgan fingerprint density at radius 2 is 2.22 bits per heavy atom. The van der Waals surface area contributed by atoms with Gasteiger partial charge in [-0.1, -0.05) is 39.2 Å². The van der Waals surface area contributed by atoms with Crippen LogP contribution >= 0.6 is 0 Å². The third kappa shape index (κ3) is 2.59. The van der Waals surface area contributed by atoms with Crippen LogP contribution in [-0.4, -0.2) is 19.2 Å². The Hall–Kier alpha value is -1.02. The van der Waals surface area contributed by atoms with E-state index in [1.54, 1.807) is 11.1 Å². The number of hydrogen-bond acceptors (Lipinski definition) is 2. The van der Waals surface area contributed by atoms with Crippen LogP contribution in [-0.2, 0) is 11.8 Å². The third-order valence-corrected chi connectivity index (χ3v) is 6.85. The van der Waals surface area contributed by atoms with E-state index in [1.165, 1.54) is 51.5 Å². The van der Waals surface area contributed by atoms with E-state index in [0.717, 1.165) is 18.3 Å². The fraction of sp³-hybridized carbons (Fsp3) is 0.714. The molecule has 2 nitrogen and oxygen atoms in total. The van der Waals surface area contributed by atoms with Crippen LogP contribution in [0.4, 0.5) is 0 Å². The van der Waals surface area contributed by atoms with Crippen LogP contribution in [0.2, 0.25) is 0 Å². The molecule has 1 aromatic carbocycles. The summed E-state index contributed by atoms with van der Waals surface area (Å²) >= 11 is 0. The highest BCUT2D eigenvalue weighted by molar-refractivity contribution is 5.45. The number of fused-ring (bicyclic) bond motifs is 1. The Morgan fingerprint density at radius 3 is 3.09 bits per heavy atom. The molecule has 126 valence electrons. The third-order valence-electron chi connectivity index (χ3n) is 6.85. The van der Waals surface area contributed by atoms with Gasteiger partial charge in [0.25, 0.3) is 0 Å². The summed E-state index contributed by atoms with van der Waals surface area (Å²) in [7, 11) is 0. The van der Waals surface area contributed by atoms with Crippen LogP contribution in [0.1, 0.15) is 63.5 Å². The lowest BCUT2D eigenvalue weighted by molar-refractivity contribution is 0.0794. The van der Waals surface area contributed by atoms with E-state index in [9.17, 15) is 0 Å². The van der Waals surface area contributed by atoms with E-state index in [0.29, 0.717) is 17.4 Å². The molecule has 2 fully saturated rings. The lowest BCUT2D eigenvalue weighted by Crippen LogP contribution is -2.59. The van der Waals surface area contributed by atoms with Crippen molar-refractivity contribution >= 4 is 0 Å². The molecule has 1 aromatic rings. The van der Waals surface area contributed by atoms with Crippen molar-refractivity contribution in [3.63, 3.8) is 0 Å². The summed E-state index contributed by atoms with van der Waals surface area (Å²) in [4.78, 5) is 0. The Balaban J connectivity index is 1.66. The Labute approximate surface area is 141 Å². The molecule has 1 N–H and O–H groups in total. The first-order valence-corrected chi connectivity index (χ1v) is 9.72. The SMILES string of the molecule is CCC(C)COc1ccc2c(c1)[C@@]13CCCC[C@H]1[C@@H](C2)NCC3. The molecule has 1 aliphatic heterocycles. The largest absolute Gasteiger partial charge is 0.493 e. The van der Waals surface area contributed by atoms with Crippen LogP contribution in [0.25, 0.3) is 0 Å². The van der Waals surface area contributed by atoms with Crippen molar-refractivity contribution in [2.45, 2.75) is 70.3 Å². The smallest absolute Gasteiger partial charge is 0.119 e. The zero-order chi connectivity index (χ0) is 15.9. The minimum absolute atomic E-state index is 0.442. The van der Waals surface area contributed by atoms with Crippen LogP contribution in [0.15, 0.2) is 18.2 Å². The van der Waals surface area contributed by atoms with Crippen molar-refractivity contribution in [1.29, 1.82) is 0 Å². The summed E-state index contributed by atoms with van der Waals surface area (Å²) in [6, 6.07) is 7.69. The molecule has 1 heterocycles. The molecule has 1 saturated heterocycles. The second-order valence-corrected chi connectivity index (χ2v) is 8.17. The van der Waals surface area contributed by atoms with Crippen LogP contribution in [0.3, 0.4) is 0 Å². The summed E-state index contributed by atoms with van der Waals surface area (Å²) in [5, 5.41) is 3.82. The number of piperidine rings is 1. The van der Waals surface area contributed by atoms with Gasteiger partial charge in [-0.05, 0) is 67.3 Å². The fourth-order valence-corrected chi connectivity index (χ4v) is 5.35. The maximum atomic E-state index is 6.12. The van der Waals surface area contributed by atoms with Crippen LogP contribution < -0.4 is 10.1 Å². The van der Waals surface area contributed by atoms with Gasteiger partial charge in [0.05, 0.1) is 6.61 Å². The van der Waals surface area contributed by atoms with Gasteiger partial charge >= 0.3 is 0 Å². The predicted molar refractivity (Wildman–Crippen MR) is 95.1 cm³/mol. The number of nitrogens with one attached hydrogen (secondary N) is 1. The van der Waals surface area contributed by atoms with Crippen molar-refractivity contribution in [2.75, 3.05) is 13.2 Å². The lowest BCUT2D eigenvalue weighted by Gasteiger charge is -2.56. The van der Waals surface area contributed by atoms with Gasteiger partial charge in [0, 0.05) is 11.5 Å². The molecule has 1 unspecified atom stereocenters. The highest BCUT2D eigenvalue weighted by Gasteiger charge is 2.51. The summed E-state index contributed by atoms with van der Waals surface area (Å²) in [5.74, 6) is 2.58. The Kier molecular flexibility index (Phi) is 4.13. The first-order valence-electron chi connectivity index (χ1n) is 9.72. The van der Waals surface area contributed by atoms with Crippen LogP contribution in [0, 0.1) is 11.8 Å². The van der Waals surface area contributed by atoms with E-state index in [1.807, 2.05) is 0 Å². The molecule has 0 amide bonds. The van der Waals surface area contributed by atoms with Gasteiger partial charge < -0.3 is 10.1 Å². The predicted octanol–water partition coefficient (Wildman–Crippen LogP) is 4.46. The molecule has 2 bridgehead atoms. The van der Waals surface area contributed by atoms with Crippen molar-refractivity contribution in [3.8, 4) is 5.75 Å². The molecular weight excluding hydrogens is 282 g/mol. The standard InChI is InChI=1S/C21H31NO/c1-3-15(2)14-23-17-8-7-16-12-20-18-6-4-5-9-21(18,10-11-22-20)19(16)13-17/h7-8,13,15,18,20,22H,3-6,9-12,14H2,1-2H3/t15?,18-,20+,21+/m0/s1. The molecule has 1 saturated carbocycles. The second kappa shape index (κ2) is 6.12. The zero-order valence-corrected chi connectivity index (χ0v) is 14.7. The molecule has 4 rings (SSSR count). The van der Waals surface area contributed by atoms with Gasteiger partial charge in [0.2, 0.25) is 0 Å². The zero-order valence-electron chi connectivity index (χ0n) is 14.7. The monoisotopic (exact) mass is 313 g/mol. The average Bonchev–Trinajstić information content (AvgIpc) is 2.59. The minimum Gasteiger partial charge on any atom is -0.493 e. The maximum absolute atomic E-state index is 6.12. The molecule has 0 spiro atoms. The van der Waals surface area contributed by atoms with Gasteiger partial charge in [0.15, 0.2) is 0 Å². The number of ether oxygens (including phenoxy) is 1. The van der Waals surface area contributed by atoms with Gasteiger partial charge in [-0.3, -0.25) is 0 Å². The second-order valence-electron chi connectivity index (χ2n) is 8.17.